The van der Waals surface area contributed by atoms with Gasteiger partial charge in [-0.25, -0.2) is 8.42 Å². The van der Waals surface area contributed by atoms with E-state index in [2.05, 4.69) is 4.74 Å². The molecular weight excluding hydrogens is 282 g/mol. The fraction of sp³-hybridized carbons (Fsp3) is 0.462. The summed E-state index contributed by atoms with van der Waals surface area (Å²) >= 11 is 0. The highest BCUT2D eigenvalue weighted by molar-refractivity contribution is 7.94. The highest BCUT2D eigenvalue weighted by Gasteiger charge is 2.34. The molecule has 1 rings (SSSR count). The van der Waals surface area contributed by atoms with Crippen molar-refractivity contribution in [1.29, 1.82) is 0 Å². The Labute approximate surface area is 119 Å². The molecule has 7 heteroatoms. The normalized spacial score (nSPS) is 12.8. The van der Waals surface area contributed by atoms with Crippen LogP contribution in [0.5, 0.6) is 5.75 Å². The molecule has 1 unspecified atom stereocenters. The van der Waals surface area contributed by atoms with E-state index in [1.807, 2.05) is 0 Å². The minimum atomic E-state index is -3.91. The van der Waals surface area contributed by atoms with E-state index in [0.29, 0.717) is 11.3 Å². The number of ether oxygens (including phenoxy) is 1. The summed E-state index contributed by atoms with van der Waals surface area (Å²) < 4.78 is 30.5. The molecule has 1 aromatic carbocycles. The first-order valence-corrected chi connectivity index (χ1v) is 7.65. The lowest BCUT2D eigenvalue weighted by atomic mass is 10.2. The third-order valence-electron chi connectivity index (χ3n) is 3.04. The van der Waals surface area contributed by atoms with Crippen molar-refractivity contribution in [3.63, 3.8) is 0 Å². The van der Waals surface area contributed by atoms with Gasteiger partial charge in [-0.3, -0.25) is 9.10 Å². The molecule has 1 aromatic rings. The number of aromatic hydroxyl groups is 1. The quantitative estimate of drug-likeness (QED) is 0.831. The van der Waals surface area contributed by atoms with E-state index < -0.39 is 21.2 Å². The molecule has 6 nitrogen and oxygen atoms in total. The fourth-order valence-corrected chi connectivity index (χ4v) is 3.38. The number of methoxy groups -OCH3 is 1. The Morgan fingerprint density at radius 3 is 2.55 bits per heavy atom. The monoisotopic (exact) mass is 301 g/mol. The molecule has 0 spiro atoms. The van der Waals surface area contributed by atoms with E-state index in [9.17, 15) is 18.3 Å². The molecule has 0 bridgehead atoms. The number of rotatable bonds is 5. The summed E-state index contributed by atoms with van der Waals surface area (Å²) in [5.41, 5.74) is 1.04. The molecule has 1 atom stereocenters. The van der Waals surface area contributed by atoms with Gasteiger partial charge in [-0.1, -0.05) is 6.07 Å². The van der Waals surface area contributed by atoms with Crippen LogP contribution < -0.4 is 4.31 Å². The number of nitrogens with zero attached hydrogens (tertiary/aromatic N) is 1. The zero-order valence-corrected chi connectivity index (χ0v) is 12.8. The number of benzene rings is 1. The lowest BCUT2D eigenvalue weighted by Crippen LogP contribution is -2.42. The molecule has 1 N–H and O–H groups in total. The number of anilines is 1. The fourth-order valence-electron chi connectivity index (χ4n) is 1.83. The molecule has 0 radical (unpaired) electrons. The molecular formula is C13H19NO5S. The average molecular weight is 301 g/mol. The minimum absolute atomic E-state index is 0.0371. The highest BCUT2D eigenvalue weighted by atomic mass is 32.2. The van der Waals surface area contributed by atoms with Crippen LogP contribution in [0.2, 0.25) is 0 Å². The Hall–Kier alpha value is -1.76. The number of carbonyl (C=O) groups excluding carboxylic acids is 1. The Balaban J connectivity index is 3.32. The molecule has 0 saturated heterocycles. The standard InChI is InChI=1S/C13H19NO5S/c1-5-14(12-8-11(15)7-6-9(12)2)20(17,18)10(3)13(16)19-4/h6-8,10,15H,5H2,1-4H3. The van der Waals surface area contributed by atoms with E-state index in [4.69, 9.17) is 0 Å². The smallest absolute Gasteiger partial charge is 0.325 e. The van der Waals surface area contributed by atoms with Crippen molar-refractivity contribution >= 4 is 21.7 Å². The van der Waals surface area contributed by atoms with Crippen molar-refractivity contribution in [3.8, 4) is 5.75 Å². The van der Waals surface area contributed by atoms with Crippen LogP contribution in [0.3, 0.4) is 0 Å². The van der Waals surface area contributed by atoms with Gasteiger partial charge >= 0.3 is 5.97 Å². The number of esters is 1. The van der Waals surface area contributed by atoms with Crippen LogP contribution >= 0.6 is 0 Å². The SMILES string of the molecule is CCN(c1cc(O)ccc1C)S(=O)(=O)C(C)C(=O)OC. The highest BCUT2D eigenvalue weighted by Crippen LogP contribution is 2.28. The van der Waals surface area contributed by atoms with Gasteiger partial charge < -0.3 is 9.84 Å². The third-order valence-corrected chi connectivity index (χ3v) is 5.19. The van der Waals surface area contributed by atoms with Crippen molar-refractivity contribution in [2.75, 3.05) is 18.0 Å². The van der Waals surface area contributed by atoms with Crippen molar-refractivity contribution in [2.45, 2.75) is 26.0 Å². The first kappa shape index (κ1) is 16.3. The average Bonchev–Trinajstić information content (AvgIpc) is 2.41. The Bertz CT molecular complexity index is 597. The molecule has 0 amide bonds. The third kappa shape index (κ3) is 3.04. The van der Waals surface area contributed by atoms with E-state index in [1.165, 1.54) is 19.1 Å². The van der Waals surface area contributed by atoms with E-state index in [0.717, 1.165) is 11.4 Å². The minimum Gasteiger partial charge on any atom is -0.508 e. The molecule has 0 aliphatic heterocycles. The summed E-state index contributed by atoms with van der Waals surface area (Å²) in [6, 6.07) is 4.45. The number of carbonyl (C=O) groups is 1. The van der Waals surface area contributed by atoms with Crippen LogP contribution in [0.1, 0.15) is 19.4 Å². The van der Waals surface area contributed by atoms with Gasteiger partial charge in [0.15, 0.2) is 5.25 Å². The number of hydrogen-bond donors (Lipinski definition) is 1. The molecule has 0 aliphatic rings. The maximum Gasteiger partial charge on any atom is 0.325 e. The topological polar surface area (TPSA) is 83.9 Å². The predicted octanol–water partition coefficient (Wildman–Crippen LogP) is 1.42. The molecule has 0 aromatic heterocycles. The Kier molecular flexibility index (Phi) is 4.99. The summed E-state index contributed by atoms with van der Waals surface area (Å²) in [6.45, 7) is 4.82. The lowest BCUT2D eigenvalue weighted by molar-refractivity contribution is -0.139. The first-order chi connectivity index (χ1) is 9.25. The summed E-state index contributed by atoms with van der Waals surface area (Å²) in [6.07, 6.45) is 0. The second-order valence-corrected chi connectivity index (χ2v) is 6.52. The maximum absolute atomic E-state index is 12.5. The van der Waals surface area contributed by atoms with Gasteiger partial charge in [0.25, 0.3) is 0 Å². The van der Waals surface area contributed by atoms with E-state index in [1.54, 1.807) is 19.9 Å². The van der Waals surface area contributed by atoms with Crippen molar-refractivity contribution < 1.29 is 23.1 Å². The van der Waals surface area contributed by atoms with Crippen molar-refractivity contribution in [2.24, 2.45) is 0 Å². The van der Waals surface area contributed by atoms with Gasteiger partial charge in [0, 0.05) is 12.6 Å². The van der Waals surface area contributed by atoms with Crippen LogP contribution in [-0.2, 0) is 19.6 Å². The van der Waals surface area contributed by atoms with Gasteiger partial charge in [0.05, 0.1) is 12.8 Å². The lowest BCUT2D eigenvalue weighted by Gasteiger charge is -2.27. The van der Waals surface area contributed by atoms with Crippen LogP contribution in [0.15, 0.2) is 18.2 Å². The van der Waals surface area contributed by atoms with Crippen LogP contribution in [0.25, 0.3) is 0 Å². The number of aryl methyl sites for hydroxylation is 1. The van der Waals surface area contributed by atoms with Gasteiger partial charge in [0.1, 0.15) is 5.75 Å². The van der Waals surface area contributed by atoms with E-state index >= 15 is 0 Å². The Morgan fingerprint density at radius 2 is 2.05 bits per heavy atom. The second-order valence-electron chi connectivity index (χ2n) is 4.35. The Morgan fingerprint density at radius 1 is 1.45 bits per heavy atom. The van der Waals surface area contributed by atoms with Crippen LogP contribution in [0.4, 0.5) is 5.69 Å². The zero-order chi connectivity index (χ0) is 15.5. The summed E-state index contributed by atoms with van der Waals surface area (Å²) in [4.78, 5) is 11.5. The molecule has 0 saturated carbocycles. The summed E-state index contributed by atoms with van der Waals surface area (Å²) in [5, 5.41) is 8.22. The van der Waals surface area contributed by atoms with Gasteiger partial charge in [0.2, 0.25) is 10.0 Å². The molecule has 20 heavy (non-hydrogen) atoms. The number of hydrogen-bond acceptors (Lipinski definition) is 5. The molecule has 0 heterocycles. The van der Waals surface area contributed by atoms with Crippen LogP contribution in [-0.4, -0.2) is 38.4 Å². The summed E-state index contributed by atoms with van der Waals surface area (Å²) in [7, 11) is -2.76. The molecule has 112 valence electrons. The molecule has 0 fully saturated rings. The van der Waals surface area contributed by atoms with Gasteiger partial charge in [-0.15, -0.1) is 0 Å². The van der Waals surface area contributed by atoms with Gasteiger partial charge in [-0.2, -0.15) is 0 Å². The zero-order valence-electron chi connectivity index (χ0n) is 12.0. The number of sulfonamides is 1. The number of phenols is 1. The van der Waals surface area contributed by atoms with E-state index in [-0.39, 0.29) is 12.3 Å². The molecule has 0 aliphatic carbocycles. The summed E-state index contributed by atoms with van der Waals surface area (Å²) in [5.74, 6) is -0.855. The van der Waals surface area contributed by atoms with Crippen LogP contribution in [0, 0.1) is 6.92 Å². The first-order valence-electron chi connectivity index (χ1n) is 6.14. The number of phenolic OH excluding ortho intramolecular Hbond substituents is 1. The largest absolute Gasteiger partial charge is 0.508 e. The van der Waals surface area contributed by atoms with Crippen molar-refractivity contribution in [3.05, 3.63) is 23.8 Å². The van der Waals surface area contributed by atoms with Crippen molar-refractivity contribution in [1.82, 2.24) is 0 Å². The van der Waals surface area contributed by atoms with Gasteiger partial charge in [-0.05, 0) is 32.4 Å². The maximum atomic E-state index is 12.5. The predicted molar refractivity (Wildman–Crippen MR) is 76.3 cm³/mol. The second kappa shape index (κ2) is 6.13.